The van der Waals surface area contributed by atoms with Crippen LogP contribution in [0.2, 0.25) is 0 Å². The summed E-state index contributed by atoms with van der Waals surface area (Å²) in [4.78, 5) is 10.4. The number of rotatable bonds is 1. The second-order valence-electron chi connectivity index (χ2n) is 2.94. The van der Waals surface area contributed by atoms with Crippen molar-refractivity contribution < 1.29 is 14.3 Å². The van der Waals surface area contributed by atoms with Gasteiger partial charge in [-0.25, -0.2) is 0 Å². The smallest absolute Gasteiger partial charge is 0.185 e. The fraction of sp³-hybridized carbons (Fsp3) is 0.100. The van der Waals surface area contributed by atoms with Crippen LogP contribution in [0.25, 0.3) is 11.0 Å². The van der Waals surface area contributed by atoms with Gasteiger partial charge in [0.05, 0.1) is 0 Å². The fourth-order valence-corrected chi connectivity index (χ4v) is 1.26. The van der Waals surface area contributed by atoms with Gasteiger partial charge in [0.25, 0.3) is 0 Å². The average Bonchev–Trinajstić information content (AvgIpc) is 2.48. The Morgan fingerprint density at radius 1 is 1.38 bits per heavy atom. The molecule has 0 aliphatic carbocycles. The number of furan rings is 1. The molecule has 3 heteroatoms. The van der Waals surface area contributed by atoms with Gasteiger partial charge in [-0.1, -0.05) is 0 Å². The van der Waals surface area contributed by atoms with Crippen LogP contribution in [0.15, 0.2) is 22.6 Å². The molecule has 0 spiro atoms. The lowest BCUT2D eigenvalue weighted by Gasteiger charge is -1.95. The summed E-state index contributed by atoms with van der Waals surface area (Å²) in [6, 6.07) is 4.89. The maximum Gasteiger partial charge on any atom is 0.185 e. The summed E-state index contributed by atoms with van der Waals surface area (Å²) in [5, 5.41) is 10.1. The average molecular weight is 176 g/mol. The summed E-state index contributed by atoms with van der Waals surface area (Å²) >= 11 is 0. The third-order valence-corrected chi connectivity index (χ3v) is 1.97. The van der Waals surface area contributed by atoms with Gasteiger partial charge >= 0.3 is 0 Å². The molecule has 3 nitrogen and oxygen atoms in total. The molecule has 0 saturated carbocycles. The van der Waals surface area contributed by atoms with Crippen molar-refractivity contribution in [3.05, 3.63) is 29.5 Å². The van der Waals surface area contributed by atoms with E-state index in [0.717, 1.165) is 10.9 Å². The van der Waals surface area contributed by atoms with E-state index in [9.17, 15) is 9.90 Å². The van der Waals surface area contributed by atoms with Crippen molar-refractivity contribution in [2.24, 2.45) is 0 Å². The highest BCUT2D eigenvalue weighted by molar-refractivity contribution is 5.86. The van der Waals surface area contributed by atoms with Crippen LogP contribution in [-0.4, -0.2) is 11.4 Å². The Labute approximate surface area is 74.6 Å². The predicted molar refractivity (Wildman–Crippen MR) is 48.0 cm³/mol. The number of carbonyl (C=O) groups excluding carboxylic acids is 1. The Kier molecular flexibility index (Phi) is 1.59. The quantitative estimate of drug-likeness (QED) is 0.678. The molecule has 1 heterocycles. The van der Waals surface area contributed by atoms with Gasteiger partial charge in [0.15, 0.2) is 12.0 Å². The molecule has 0 unspecified atom stereocenters. The molecule has 0 amide bonds. The van der Waals surface area contributed by atoms with E-state index in [0.29, 0.717) is 11.9 Å². The van der Waals surface area contributed by atoms with E-state index in [2.05, 4.69) is 0 Å². The molecule has 13 heavy (non-hydrogen) atoms. The van der Waals surface area contributed by atoms with Crippen molar-refractivity contribution in [1.82, 2.24) is 0 Å². The van der Waals surface area contributed by atoms with Crippen molar-refractivity contribution in [3.8, 4) is 5.75 Å². The summed E-state index contributed by atoms with van der Waals surface area (Å²) in [7, 11) is 0. The molecule has 0 bridgehead atoms. The van der Waals surface area contributed by atoms with Crippen molar-refractivity contribution in [1.29, 1.82) is 0 Å². The van der Waals surface area contributed by atoms with Gasteiger partial charge in [0, 0.05) is 5.39 Å². The zero-order valence-electron chi connectivity index (χ0n) is 7.07. The molecule has 0 radical (unpaired) electrons. The maximum absolute atomic E-state index is 10.4. The minimum atomic E-state index is 0.214. The molecule has 66 valence electrons. The topological polar surface area (TPSA) is 50.4 Å². The van der Waals surface area contributed by atoms with Crippen LogP contribution in [0.5, 0.6) is 5.75 Å². The van der Waals surface area contributed by atoms with Crippen LogP contribution >= 0.6 is 0 Å². The number of benzene rings is 1. The minimum Gasteiger partial charge on any atom is -0.508 e. The number of hydrogen-bond donors (Lipinski definition) is 1. The van der Waals surface area contributed by atoms with Crippen LogP contribution in [-0.2, 0) is 0 Å². The number of phenols is 1. The van der Waals surface area contributed by atoms with E-state index in [1.165, 1.54) is 0 Å². The van der Waals surface area contributed by atoms with Crippen LogP contribution in [0, 0.1) is 6.92 Å². The lowest BCUT2D eigenvalue weighted by molar-refractivity contribution is 0.110. The third-order valence-electron chi connectivity index (χ3n) is 1.97. The van der Waals surface area contributed by atoms with Gasteiger partial charge in [-0.05, 0) is 30.7 Å². The summed E-state index contributed by atoms with van der Waals surface area (Å²) in [5.74, 6) is 0.491. The highest BCUT2D eigenvalue weighted by Crippen LogP contribution is 2.26. The Balaban J connectivity index is 2.77. The molecule has 1 aromatic carbocycles. The molecule has 1 N–H and O–H groups in total. The van der Waals surface area contributed by atoms with Crippen LogP contribution in [0.3, 0.4) is 0 Å². The van der Waals surface area contributed by atoms with Gasteiger partial charge in [0.1, 0.15) is 11.3 Å². The lowest BCUT2D eigenvalue weighted by atomic mass is 10.1. The second-order valence-corrected chi connectivity index (χ2v) is 2.94. The fourth-order valence-electron chi connectivity index (χ4n) is 1.26. The normalized spacial score (nSPS) is 10.5. The van der Waals surface area contributed by atoms with Crippen LogP contribution < -0.4 is 0 Å². The first-order valence-corrected chi connectivity index (χ1v) is 3.89. The third kappa shape index (κ3) is 1.18. The van der Waals surface area contributed by atoms with Gasteiger partial charge in [-0.3, -0.25) is 4.79 Å². The van der Waals surface area contributed by atoms with E-state index in [1.54, 1.807) is 25.1 Å². The Bertz CT molecular complexity index is 429. The number of aryl methyl sites for hydroxylation is 1. The number of fused-ring (bicyclic) bond motifs is 1. The first-order valence-electron chi connectivity index (χ1n) is 3.89. The van der Waals surface area contributed by atoms with Crippen molar-refractivity contribution in [2.45, 2.75) is 6.92 Å². The molecule has 2 rings (SSSR count). The summed E-state index contributed by atoms with van der Waals surface area (Å²) in [6.45, 7) is 1.78. The number of aldehydes is 1. The van der Waals surface area contributed by atoms with Crippen molar-refractivity contribution in [3.63, 3.8) is 0 Å². The zero-order valence-corrected chi connectivity index (χ0v) is 7.07. The molecular formula is C10H8O3. The first-order chi connectivity index (χ1) is 6.20. The van der Waals surface area contributed by atoms with Gasteiger partial charge in [-0.15, -0.1) is 0 Å². The highest BCUT2D eigenvalue weighted by atomic mass is 16.3. The summed E-state index contributed by atoms with van der Waals surface area (Å²) < 4.78 is 5.17. The molecule has 0 aliphatic heterocycles. The van der Waals surface area contributed by atoms with Crippen molar-refractivity contribution in [2.75, 3.05) is 0 Å². The largest absolute Gasteiger partial charge is 0.508 e. The molecular weight excluding hydrogens is 168 g/mol. The number of aromatic hydroxyl groups is 1. The SMILES string of the molecule is Cc1cc2oc(C=O)cc2cc1O. The molecule has 0 fully saturated rings. The minimum absolute atomic E-state index is 0.214. The monoisotopic (exact) mass is 176 g/mol. The van der Waals surface area contributed by atoms with E-state index in [-0.39, 0.29) is 11.5 Å². The maximum atomic E-state index is 10.4. The van der Waals surface area contributed by atoms with E-state index < -0.39 is 0 Å². The highest BCUT2D eigenvalue weighted by Gasteiger charge is 2.05. The molecule has 1 aromatic heterocycles. The van der Waals surface area contributed by atoms with E-state index >= 15 is 0 Å². The van der Waals surface area contributed by atoms with Gasteiger partial charge < -0.3 is 9.52 Å². The molecule has 2 aromatic rings. The predicted octanol–water partition coefficient (Wildman–Crippen LogP) is 2.26. The Morgan fingerprint density at radius 3 is 2.85 bits per heavy atom. The zero-order chi connectivity index (χ0) is 9.42. The summed E-state index contributed by atoms with van der Waals surface area (Å²) in [5.41, 5.74) is 1.36. The van der Waals surface area contributed by atoms with Crippen molar-refractivity contribution >= 4 is 17.3 Å². The Morgan fingerprint density at radius 2 is 2.15 bits per heavy atom. The molecule has 0 aliphatic rings. The van der Waals surface area contributed by atoms with E-state index in [1.807, 2.05) is 0 Å². The number of hydrogen-bond acceptors (Lipinski definition) is 3. The van der Waals surface area contributed by atoms with Gasteiger partial charge in [-0.2, -0.15) is 0 Å². The molecule has 0 atom stereocenters. The van der Waals surface area contributed by atoms with Crippen LogP contribution in [0.1, 0.15) is 16.1 Å². The second kappa shape index (κ2) is 2.62. The van der Waals surface area contributed by atoms with E-state index in [4.69, 9.17) is 4.42 Å². The Hall–Kier alpha value is -1.77. The standard InChI is InChI=1S/C10H8O3/c1-6-2-10-7(4-9(6)12)3-8(5-11)13-10/h2-5,12H,1H3. The number of phenolic OH excluding ortho intramolecular Hbond substituents is 1. The van der Waals surface area contributed by atoms with Gasteiger partial charge in [0.2, 0.25) is 0 Å². The summed E-state index contributed by atoms with van der Waals surface area (Å²) in [6.07, 6.45) is 0.645. The molecule has 0 saturated heterocycles. The number of carbonyl (C=O) groups is 1. The first kappa shape index (κ1) is 7.86. The lowest BCUT2D eigenvalue weighted by Crippen LogP contribution is -1.72. The van der Waals surface area contributed by atoms with Crippen LogP contribution in [0.4, 0.5) is 0 Å².